The quantitative estimate of drug-likeness (QED) is 0.151. The zero-order valence-electron chi connectivity index (χ0n) is 19.8. The number of nitrogens with zero attached hydrogens (tertiary/aromatic N) is 1. The zero-order chi connectivity index (χ0) is 26.6. The van der Waals surface area contributed by atoms with Crippen LogP contribution in [0.15, 0.2) is 64.5 Å². The number of rotatable bonds is 12. The van der Waals surface area contributed by atoms with Crippen molar-refractivity contribution in [2.24, 2.45) is 16.5 Å². The maximum absolute atomic E-state index is 12.7. The summed E-state index contributed by atoms with van der Waals surface area (Å²) in [5.74, 6) is -1.68. The summed E-state index contributed by atoms with van der Waals surface area (Å²) in [7, 11) is -4.02. The lowest BCUT2D eigenvalue weighted by Crippen LogP contribution is -2.48. The summed E-state index contributed by atoms with van der Waals surface area (Å²) < 4.78 is 32.9. The molecule has 3 amide bonds. The van der Waals surface area contributed by atoms with Crippen LogP contribution in [0.5, 0.6) is 0 Å². The van der Waals surface area contributed by atoms with Gasteiger partial charge >= 0.3 is 6.09 Å². The van der Waals surface area contributed by atoms with Crippen LogP contribution in [0.1, 0.15) is 24.0 Å². The number of primary amides is 1. The number of hydrogen-bond donors (Lipinski definition) is 5. The Balaban J connectivity index is 1.91. The molecule has 0 aromatic heterocycles. The summed E-state index contributed by atoms with van der Waals surface area (Å²) in [4.78, 5) is 39.3. The molecule has 2 aromatic carbocycles. The third-order valence-electron chi connectivity index (χ3n) is 4.76. The van der Waals surface area contributed by atoms with Crippen molar-refractivity contribution in [1.29, 1.82) is 0 Å². The second-order valence-electron chi connectivity index (χ2n) is 7.77. The molecule has 12 nitrogen and oxygen atoms in total. The lowest BCUT2D eigenvalue weighted by molar-refractivity contribution is -0.126. The number of benzene rings is 2. The average molecular weight is 519 g/mol. The molecule has 0 saturated heterocycles. The first-order valence-corrected chi connectivity index (χ1v) is 12.5. The lowest BCUT2D eigenvalue weighted by Gasteiger charge is -2.18. The SMILES string of the molecule is Cc1ccc(S(=O)(=O)N[C@@H](CCCN=C(N)NC(=O)OCc2ccccc2)C(=O)NCC(N)=O)cc1. The van der Waals surface area contributed by atoms with E-state index < -0.39 is 40.5 Å². The fourth-order valence-corrected chi connectivity index (χ4v) is 4.14. The van der Waals surface area contributed by atoms with E-state index in [0.29, 0.717) is 0 Å². The molecule has 0 aliphatic rings. The third-order valence-corrected chi connectivity index (χ3v) is 6.25. The number of alkyl carbamates (subject to hydrolysis) is 1. The van der Waals surface area contributed by atoms with Gasteiger partial charge in [-0.2, -0.15) is 4.72 Å². The summed E-state index contributed by atoms with van der Waals surface area (Å²) in [6.07, 6.45) is -0.521. The number of amides is 3. The van der Waals surface area contributed by atoms with E-state index in [-0.39, 0.29) is 36.8 Å². The third kappa shape index (κ3) is 10.1. The Morgan fingerprint density at radius 2 is 1.69 bits per heavy atom. The van der Waals surface area contributed by atoms with E-state index in [9.17, 15) is 22.8 Å². The number of nitrogens with one attached hydrogen (secondary N) is 3. The summed E-state index contributed by atoms with van der Waals surface area (Å²) >= 11 is 0. The van der Waals surface area contributed by atoms with Crippen molar-refractivity contribution in [3.63, 3.8) is 0 Å². The smallest absolute Gasteiger partial charge is 0.414 e. The number of nitrogens with two attached hydrogens (primary N) is 2. The van der Waals surface area contributed by atoms with Crippen molar-refractivity contribution >= 4 is 33.9 Å². The second-order valence-corrected chi connectivity index (χ2v) is 9.48. The molecular formula is C23H30N6O6S. The monoisotopic (exact) mass is 518 g/mol. The Bertz CT molecular complexity index is 1170. The van der Waals surface area contributed by atoms with Gasteiger partial charge in [0, 0.05) is 6.54 Å². The summed E-state index contributed by atoms with van der Waals surface area (Å²) in [5, 5.41) is 4.58. The molecule has 0 saturated carbocycles. The van der Waals surface area contributed by atoms with Gasteiger partial charge in [0.2, 0.25) is 21.8 Å². The van der Waals surface area contributed by atoms with Gasteiger partial charge in [-0.15, -0.1) is 0 Å². The minimum atomic E-state index is -4.02. The largest absolute Gasteiger partial charge is 0.444 e. The molecule has 7 N–H and O–H groups in total. The summed E-state index contributed by atoms with van der Waals surface area (Å²) in [5.41, 5.74) is 12.4. The van der Waals surface area contributed by atoms with Crippen LogP contribution in [0, 0.1) is 6.92 Å². The fourth-order valence-electron chi connectivity index (χ4n) is 2.91. The van der Waals surface area contributed by atoms with Crippen LogP contribution in [0.2, 0.25) is 0 Å². The van der Waals surface area contributed by atoms with Crippen LogP contribution < -0.4 is 26.8 Å². The number of aliphatic imine (C=N–C) groups is 1. The van der Waals surface area contributed by atoms with Crippen LogP contribution in [-0.2, 0) is 31.0 Å². The summed E-state index contributed by atoms with van der Waals surface area (Å²) in [6, 6.07) is 14.0. The van der Waals surface area contributed by atoms with Gasteiger partial charge in [-0.1, -0.05) is 48.0 Å². The van der Waals surface area contributed by atoms with Gasteiger partial charge in [-0.25, -0.2) is 13.2 Å². The molecule has 36 heavy (non-hydrogen) atoms. The van der Waals surface area contributed by atoms with E-state index in [1.54, 1.807) is 24.3 Å². The van der Waals surface area contributed by atoms with Crippen LogP contribution in [-0.4, -0.2) is 51.4 Å². The van der Waals surface area contributed by atoms with Crippen LogP contribution >= 0.6 is 0 Å². The normalized spacial score (nSPS) is 12.4. The van der Waals surface area contributed by atoms with Gasteiger partial charge < -0.3 is 21.5 Å². The van der Waals surface area contributed by atoms with E-state index in [0.717, 1.165) is 11.1 Å². The van der Waals surface area contributed by atoms with Gasteiger partial charge in [-0.3, -0.25) is 19.9 Å². The Labute approximate surface area is 209 Å². The number of hydrogen-bond acceptors (Lipinski definition) is 7. The number of ether oxygens (including phenoxy) is 1. The number of guanidine groups is 1. The molecule has 0 radical (unpaired) electrons. The Morgan fingerprint density at radius 3 is 2.33 bits per heavy atom. The van der Waals surface area contributed by atoms with Crippen molar-refractivity contribution in [2.75, 3.05) is 13.1 Å². The first kappa shape index (κ1) is 28.3. The predicted molar refractivity (Wildman–Crippen MR) is 133 cm³/mol. The van der Waals surface area contributed by atoms with Crippen molar-refractivity contribution in [2.45, 2.75) is 37.3 Å². The molecule has 0 spiro atoms. The highest BCUT2D eigenvalue weighted by molar-refractivity contribution is 7.89. The van der Waals surface area contributed by atoms with E-state index in [1.807, 2.05) is 25.1 Å². The second kappa shape index (κ2) is 13.8. The first-order chi connectivity index (χ1) is 17.1. The van der Waals surface area contributed by atoms with Gasteiger partial charge in [0.15, 0.2) is 5.96 Å². The fraction of sp³-hybridized carbons (Fsp3) is 0.304. The standard InChI is InChI=1S/C23H30N6O6S/c1-16-9-11-18(12-10-16)36(33,34)29-19(21(31)27-14-20(24)30)8-5-13-26-22(25)28-23(32)35-15-17-6-3-2-4-7-17/h2-4,6-7,9-12,19,29H,5,8,13-15H2,1H3,(H2,24,30)(H,27,31)(H3,25,26,28,32)/t19-/m0/s1. The van der Waals surface area contributed by atoms with Crippen molar-refractivity contribution < 1.29 is 27.5 Å². The highest BCUT2D eigenvalue weighted by Crippen LogP contribution is 2.12. The lowest BCUT2D eigenvalue weighted by atomic mass is 10.1. The highest BCUT2D eigenvalue weighted by Gasteiger charge is 2.25. The molecule has 0 heterocycles. The number of sulfonamides is 1. The minimum Gasteiger partial charge on any atom is -0.444 e. The molecule has 2 aromatic rings. The van der Waals surface area contributed by atoms with Gasteiger partial charge in [-0.05, 0) is 37.5 Å². The molecule has 0 fully saturated rings. The maximum Gasteiger partial charge on any atom is 0.414 e. The molecule has 13 heteroatoms. The minimum absolute atomic E-state index is 0.0127. The molecule has 2 rings (SSSR count). The molecule has 0 bridgehead atoms. The van der Waals surface area contributed by atoms with Crippen molar-refractivity contribution in [1.82, 2.24) is 15.4 Å². The number of carbonyl (C=O) groups is 3. The van der Waals surface area contributed by atoms with Gasteiger partial charge in [0.1, 0.15) is 12.6 Å². The number of aryl methyl sites for hydroxylation is 1. The van der Waals surface area contributed by atoms with Crippen molar-refractivity contribution in [3.8, 4) is 0 Å². The predicted octanol–water partition coefficient (Wildman–Crippen LogP) is 0.265. The average Bonchev–Trinajstić information content (AvgIpc) is 2.84. The topological polar surface area (TPSA) is 195 Å². The Kier molecular flexibility index (Phi) is 10.8. The molecular weight excluding hydrogens is 488 g/mol. The molecule has 1 atom stereocenters. The molecule has 194 valence electrons. The molecule has 0 unspecified atom stereocenters. The van der Waals surface area contributed by atoms with Crippen LogP contribution in [0.4, 0.5) is 4.79 Å². The highest BCUT2D eigenvalue weighted by atomic mass is 32.2. The van der Waals surface area contributed by atoms with E-state index in [1.165, 1.54) is 12.1 Å². The Morgan fingerprint density at radius 1 is 1.03 bits per heavy atom. The van der Waals surface area contributed by atoms with Crippen molar-refractivity contribution in [3.05, 3.63) is 65.7 Å². The summed E-state index contributed by atoms with van der Waals surface area (Å²) in [6.45, 7) is 1.51. The van der Waals surface area contributed by atoms with Gasteiger partial charge in [0.05, 0.1) is 11.4 Å². The Hall–Kier alpha value is -3.97. The van der Waals surface area contributed by atoms with E-state index in [4.69, 9.17) is 16.2 Å². The first-order valence-electron chi connectivity index (χ1n) is 11.0. The molecule has 0 aliphatic heterocycles. The zero-order valence-corrected chi connectivity index (χ0v) is 20.6. The van der Waals surface area contributed by atoms with Gasteiger partial charge in [0.25, 0.3) is 0 Å². The van der Waals surface area contributed by atoms with E-state index in [2.05, 4.69) is 20.3 Å². The van der Waals surface area contributed by atoms with E-state index >= 15 is 0 Å². The number of carbonyl (C=O) groups excluding carboxylic acids is 3. The molecule has 0 aliphatic carbocycles. The van der Waals surface area contributed by atoms with Crippen LogP contribution in [0.3, 0.4) is 0 Å². The van der Waals surface area contributed by atoms with Crippen LogP contribution in [0.25, 0.3) is 0 Å². The maximum atomic E-state index is 12.7.